The highest BCUT2D eigenvalue weighted by Gasteiger charge is 1.99. The topological polar surface area (TPSA) is 35.5 Å². The molecule has 0 aliphatic heterocycles. The highest BCUT2D eigenvalue weighted by Crippen LogP contribution is 2.12. The molecule has 77 valence electrons. The van der Waals surface area contributed by atoms with Crippen molar-refractivity contribution in [2.45, 2.75) is 6.92 Å². The van der Waals surface area contributed by atoms with Crippen LogP contribution in [0, 0.1) is 13.0 Å². The first-order valence-electron chi connectivity index (χ1n) is 4.75. The first-order chi connectivity index (χ1) is 6.74. The normalized spacial score (nSPS) is 10.2. The van der Waals surface area contributed by atoms with E-state index in [1.54, 1.807) is 0 Å². The summed E-state index contributed by atoms with van der Waals surface area (Å²) in [7, 11) is 2.02. The molecular weight excluding hydrogens is 176 g/mol. The summed E-state index contributed by atoms with van der Waals surface area (Å²) in [6, 6.07) is 9.23. The third kappa shape index (κ3) is 3.36. The van der Waals surface area contributed by atoms with Crippen LogP contribution in [0.3, 0.4) is 0 Å². The van der Waals surface area contributed by atoms with Crippen molar-refractivity contribution < 1.29 is 5.11 Å². The lowest BCUT2D eigenvalue weighted by Gasteiger charge is -2.19. The van der Waals surface area contributed by atoms with E-state index in [1.807, 2.05) is 19.2 Å². The van der Waals surface area contributed by atoms with Crippen LogP contribution < -0.4 is 10.2 Å². The van der Waals surface area contributed by atoms with Crippen LogP contribution >= 0.6 is 0 Å². The van der Waals surface area contributed by atoms with Crippen LogP contribution in [-0.4, -0.2) is 32.0 Å². The Balaban J connectivity index is 2.47. The molecule has 0 aliphatic carbocycles. The highest BCUT2D eigenvalue weighted by molar-refractivity contribution is 5.46. The molecule has 0 aromatic heterocycles. The zero-order chi connectivity index (χ0) is 10.4. The van der Waals surface area contributed by atoms with Gasteiger partial charge in [0.1, 0.15) is 0 Å². The summed E-state index contributed by atoms with van der Waals surface area (Å²) in [4.78, 5) is 2.11. The van der Waals surface area contributed by atoms with E-state index in [-0.39, 0.29) is 6.73 Å². The van der Waals surface area contributed by atoms with Crippen molar-refractivity contribution in [1.29, 1.82) is 0 Å². The molecule has 1 radical (unpaired) electrons. The van der Waals surface area contributed by atoms with Crippen LogP contribution in [0.5, 0.6) is 0 Å². The van der Waals surface area contributed by atoms with Gasteiger partial charge in [0.25, 0.3) is 0 Å². The SMILES string of the molecule is Cc1cc[c]c(N(C)CCNCO)c1. The van der Waals surface area contributed by atoms with Gasteiger partial charge in [-0.3, -0.25) is 5.32 Å². The Kier molecular flexibility index (Phi) is 4.43. The zero-order valence-electron chi connectivity index (χ0n) is 8.75. The number of aryl methyl sites for hydroxylation is 1. The van der Waals surface area contributed by atoms with Gasteiger partial charge in [0, 0.05) is 31.9 Å². The molecule has 0 aliphatic rings. The predicted molar refractivity (Wildman–Crippen MR) is 58.4 cm³/mol. The molecule has 0 spiro atoms. The largest absolute Gasteiger partial charge is 0.381 e. The van der Waals surface area contributed by atoms with Crippen LogP contribution in [0.15, 0.2) is 18.2 Å². The quantitative estimate of drug-likeness (QED) is 0.535. The highest BCUT2D eigenvalue weighted by atomic mass is 16.3. The van der Waals surface area contributed by atoms with Crippen molar-refractivity contribution in [2.24, 2.45) is 0 Å². The van der Waals surface area contributed by atoms with Gasteiger partial charge < -0.3 is 10.0 Å². The fourth-order valence-electron chi connectivity index (χ4n) is 1.23. The second kappa shape index (κ2) is 5.62. The van der Waals surface area contributed by atoms with Gasteiger partial charge in [-0.05, 0) is 18.6 Å². The van der Waals surface area contributed by atoms with E-state index in [1.165, 1.54) is 5.56 Å². The molecule has 1 aromatic carbocycles. The van der Waals surface area contributed by atoms with Crippen LogP contribution in [0.1, 0.15) is 5.56 Å². The molecule has 0 bridgehead atoms. The van der Waals surface area contributed by atoms with E-state index in [2.05, 4.69) is 29.3 Å². The lowest BCUT2D eigenvalue weighted by molar-refractivity contribution is 0.262. The van der Waals surface area contributed by atoms with Crippen LogP contribution in [-0.2, 0) is 0 Å². The van der Waals surface area contributed by atoms with Gasteiger partial charge in [0.05, 0.1) is 6.73 Å². The first-order valence-corrected chi connectivity index (χ1v) is 4.75. The van der Waals surface area contributed by atoms with E-state index < -0.39 is 0 Å². The average molecular weight is 193 g/mol. The van der Waals surface area contributed by atoms with Crippen molar-refractivity contribution >= 4 is 5.69 Å². The van der Waals surface area contributed by atoms with Crippen molar-refractivity contribution in [3.05, 3.63) is 29.8 Å². The molecule has 0 fully saturated rings. The molecule has 14 heavy (non-hydrogen) atoms. The number of benzene rings is 1. The van der Waals surface area contributed by atoms with E-state index in [0.717, 1.165) is 18.8 Å². The predicted octanol–water partition coefficient (Wildman–Crippen LogP) is 0.771. The summed E-state index contributed by atoms with van der Waals surface area (Å²) in [6.45, 7) is 3.73. The zero-order valence-corrected chi connectivity index (χ0v) is 8.75. The molecule has 3 nitrogen and oxygen atoms in total. The van der Waals surface area contributed by atoms with Crippen LogP contribution in [0.2, 0.25) is 0 Å². The van der Waals surface area contributed by atoms with Crippen molar-refractivity contribution in [3.63, 3.8) is 0 Å². The number of hydrogen-bond donors (Lipinski definition) is 2. The molecule has 0 unspecified atom stereocenters. The lowest BCUT2D eigenvalue weighted by atomic mass is 10.2. The number of aliphatic hydroxyl groups excluding tert-OH is 1. The number of nitrogens with zero attached hydrogens (tertiary/aromatic N) is 1. The number of aliphatic hydroxyl groups is 1. The molecule has 0 heterocycles. The smallest absolute Gasteiger partial charge is 0.0932 e. The van der Waals surface area contributed by atoms with Crippen molar-refractivity contribution in [2.75, 3.05) is 31.8 Å². The Labute approximate surface area is 85.4 Å². The van der Waals surface area contributed by atoms with Gasteiger partial charge in [0.2, 0.25) is 0 Å². The lowest BCUT2D eigenvalue weighted by Crippen LogP contribution is -2.29. The minimum atomic E-state index is 0.0331. The Morgan fingerprint density at radius 1 is 1.57 bits per heavy atom. The van der Waals surface area contributed by atoms with Gasteiger partial charge >= 0.3 is 0 Å². The Bertz CT molecular complexity index is 276. The summed E-state index contributed by atoms with van der Waals surface area (Å²) in [5, 5.41) is 11.4. The summed E-state index contributed by atoms with van der Waals surface area (Å²) >= 11 is 0. The summed E-state index contributed by atoms with van der Waals surface area (Å²) in [6.07, 6.45) is 0. The third-order valence-electron chi connectivity index (χ3n) is 2.09. The van der Waals surface area contributed by atoms with Gasteiger partial charge in [-0.1, -0.05) is 12.1 Å². The van der Waals surface area contributed by atoms with Crippen molar-refractivity contribution in [1.82, 2.24) is 5.32 Å². The molecule has 0 saturated heterocycles. The Morgan fingerprint density at radius 2 is 2.36 bits per heavy atom. The summed E-state index contributed by atoms with van der Waals surface area (Å²) in [5.74, 6) is 0. The number of anilines is 1. The Hall–Kier alpha value is -1.06. The maximum absolute atomic E-state index is 8.56. The van der Waals surface area contributed by atoms with Crippen LogP contribution in [0.25, 0.3) is 0 Å². The standard InChI is InChI=1S/C11H17N2O/c1-10-4-3-5-11(8-10)13(2)7-6-12-9-14/h3-4,8,12,14H,6-7,9H2,1-2H3. The van der Waals surface area contributed by atoms with Gasteiger partial charge in [-0.2, -0.15) is 0 Å². The average Bonchev–Trinajstić information content (AvgIpc) is 2.18. The first kappa shape index (κ1) is 11.0. The van der Waals surface area contributed by atoms with E-state index in [0.29, 0.717) is 0 Å². The second-order valence-electron chi connectivity index (χ2n) is 3.33. The van der Waals surface area contributed by atoms with E-state index in [9.17, 15) is 0 Å². The second-order valence-corrected chi connectivity index (χ2v) is 3.33. The minimum absolute atomic E-state index is 0.0331. The van der Waals surface area contributed by atoms with E-state index in [4.69, 9.17) is 5.11 Å². The number of rotatable bonds is 5. The molecule has 1 aromatic rings. The fraction of sp³-hybridized carbons (Fsp3) is 0.455. The maximum atomic E-state index is 8.56. The van der Waals surface area contributed by atoms with Gasteiger partial charge in [-0.15, -0.1) is 0 Å². The number of nitrogens with one attached hydrogen (secondary N) is 1. The third-order valence-corrected chi connectivity index (χ3v) is 2.09. The van der Waals surface area contributed by atoms with E-state index >= 15 is 0 Å². The molecule has 3 heteroatoms. The molecule has 0 amide bonds. The Morgan fingerprint density at radius 3 is 3.00 bits per heavy atom. The van der Waals surface area contributed by atoms with Gasteiger partial charge in [0.15, 0.2) is 0 Å². The van der Waals surface area contributed by atoms with Crippen LogP contribution in [0.4, 0.5) is 5.69 Å². The number of hydrogen-bond acceptors (Lipinski definition) is 3. The molecule has 1 rings (SSSR count). The van der Waals surface area contributed by atoms with Crippen molar-refractivity contribution in [3.8, 4) is 0 Å². The maximum Gasteiger partial charge on any atom is 0.0932 e. The summed E-state index contributed by atoms with van der Waals surface area (Å²) < 4.78 is 0. The number of likely N-dealkylation sites (N-methyl/N-ethyl adjacent to an activating group) is 1. The minimum Gasteiger partial charge on any atom is -0.381 e. The monoisotopic (exact) mass is 193 g/mol. The molecule has 0 atom stereocenters. The van der Waals surface area contributed by atoms with Gasteiger partial charge in [-0.25, -0.2) is 0 Å². The molecule has 0 saturated carbocycles. The molecule has 2 N–H and O–H groups in total. The fourth-order valence-corrected chi connectivity index (χ4v) is 1.23. The molecular formula is C11H17N2O. The summed E-state index contributed by atoms with van der Waals surface area (Å²) in [5.41, 5.74) is 2.32.